The molecular formula is C17H18ClNO. The number of nitrogens with one attached hydrogen (secondary N) is 1. The Morgan fingerprint density at radius 1 is 1.10 bits per heavy atom. The number of hydrogen-bond acceptors (Lipinski definition) is 1. The zero-order chi connectivity index (χ0) is 14.5. The smallest absolute Gasteiger partial charge is 0.224 e. The highest BCUT2D eigenvalue weighted by molar-refractivity contribution is 6.31. The number of anilines is 1. The van der Waals surface area contributed by atoms with Crippen LogP contribution in [0.1, 0.15) is 23.1 Å². The molecule has 104 valence electrons. The van der Waals surface area contributed by atoms with Crippen LogP contribution in [0.4, 0.5) is 5.69 Å². The van der Waals surface area contributed by atoms with Crippen LogP contribution in [0.2, 0.25) is 5.02 Å². The summed E-state index contributed by atoms with van der Waals surface area (Å²) in [6, 6.07) is 13.5. The summed E-state index contributed by atoms with van der Waals surface area (Å²) in [5.41, 5.74) is 4.25. The summed E-state index contributed by atoms with van der Waals surface area (Å²) >= 11 is 6.07. The molecule has 0 spiro atoms. The lowest BCUT2D eigenvalue weighted by Gasteiger charge is -2.08. The lowest BCUT2D eigenvalue weighted by molar-refractivity contribution is -0.116. The molecule has 0 aliphatic rings. The number of carbonyl (C=O) groups excluding carboxylic acids is 1. The maximum atomic E-state index is 11.9. The molecule has 3 heteroatoms. The van der Waals surface area contributed by atoms with Crippen LogP contribution in [0.5, 0.6) is 0 Å². The van der Waals surface area contributed by atoms with Crippen LogP contribution >= 0.6 is 11.6 Å². The van der Waals surface area contributed by atoms with Crippen LogP contribution in [0.25, 0.3) is 0 Å². The number of amides is 1. The minimum absolute atomic E-state index is 0.00757. The predicted octanol–water partition coefficient (Wildman–Crippen LogP) is 4.53. The summed E-state index contributed by atoms with van der Waals surface area (Å²) in [6.07, 6.45) is 1.08. The van der Waals surface area contributed by atoms with Crippen molar-refractivity contribution in [2.24, 2.45) is 0 Å². The van der Waals surface area contributed by atoms with Crippen LogP contribution in [0.3, 0.4) is 0 Å². The van der Waals surface area contributed by atoms with E-state index < -0.39 is 0 Å². The van der Waals surface area contributed by atoms with Gasteiger partial charge in [-0.1, -0.05) is 35.9 Å². The molecule has 0 heterocycles. The number of carbonyl (C=O) groups is 1. The highest BCUT2D eigenvalue weighted by atomic mass is 35.5. The Kier molecular flexibility index (Phi) is 4.80. The Morgan fingerprint density at radius 2 is 1.85 bits per heavy atom. The number of rotatable bonds is 4. The maximum absolute atomic E-state index is 11.9. The number of aryl methyl sites for hydroxylation is 3. The van der Waals surface area contributed by atoms with E-state index in [0.29, 0.717) is 17.9 Å². The van der Waals surface area contributed by atoms with Crippen molar-refractivity contribution in [2.75, 3.05) is 5.32 Å². The highest BCUT2D eigenvalue weighted by Crippen LogP contribution is 2.18. The summed E-state index contributed by atoms with van der Waals surface area (Å²) in [7, 11) is 0. The molecule has 2 aromatic carbocycles. The van der Waals surface area contributed by atoms with Gasteiger partial charge in [0, 0.05) is 17.1 Å². The van der Waals surface area contributed by atoms with Crippen molar-refractivity contribution in [1.82, 2.24) is 0 Å². The molecule has 2 nitrogen and oxygen atoms in total. The molecule has 0 bridgehead atoms. The minimum atomic E-state index is 0.00757. The summed E-state index contributed by atoms with van der Waals surface area (Å²) in [4.78, 5) is 11.9. The standard InChI is InChI=1S/C17H18ClNO/c1-12-7-9-15(11-13(12)2)19-17(20)10-8-14-5-3-4-6-16(14)18/h3-7,9,11H,8,10H2,1-2H3,(H,19,20). The molecule has 0 unspecified atom stereocenters. The van der Waals surface area contributed by atoms with E-state index in [1.165, 1.54) is 11.1 Å². The van der Waals surface area contributed by atoms with Crippen molar-refractivity contribution in [3.05, 3.63) is 64.2 Å². The fourth-order valence-corrected chi connectivity index (χ4v) is 2.22. The van der Waals surface area contributed by atoms with Crippen LogP contribution < -0.4 is 5.32 Å². The largest absolute Gasteiger partial charge is 0.326 e. The molecule has 0 saturated carbocycles. The van der Waals surface area contributed by atoms with E-state index in [1.807, 2.05) is 49.4 Å². The second kappa shape index (κ2) is 6.58. The quantitative estimate of drug-likeness (QED) is 0.879. The average Bonchev–Trinajstić information content (AvgIpc) is 2.42. The van der Waals surface area contributed by atoms with E-state index >= 15 is 0 Å². The van der Waals surface area contributed by atoms with Gasteiger partial charge in [0.15, 0.2) is 0 Å². The van der Waals surface area contributed by atoms with E-state index in [-0.39, 0.29) is 5.91 Å². The third-order valence-electron chi connectivity index (χ3n) is 3.37. The van der Waals surface area contributed by atoms with Crippen molar-refractivity contribution < 1.29 is 4.79 Å². The highest BCUT2D eigenvalue weighted by Gasteiger charge is 2.06. The SMILES string of the molecule is Cc1ccc(NC(=O)CCc2ccccc2Cl)cc1C. The van der Waals surface area contributed by atoms with Crippen molar-refractivity contribution in [3.63, 3.8) is 0 Å². The van der Waals surface area contributed by atoms with Gasteiger partial charge in [-0.05, 0) is 55.2 Å². The van der Waals surface area contributed by atoms with E-state index in [1.54, 1.807) is 0 Å². The molecule has 20 heavy (non-hydrogen) atoms. The third kappa shape index (κ3) is 3.84. The molecule has 0 aliphatic carbocycles. The molecule has 0 atom stereocenters. The fraction of sp³-hybridized carbons (Fsp3) is 0.235. The van der Waals surface area contributed by atoms with Crippen molar-refractivity contribution >= 4 is 23.2 Å². The second-order valence-electron chi connectivity index (χ2n) is 4.94. The van der Waals surface area contributed by atoms with Gasteiger partial charge in [0.05, 0.1) is 0 Å². The van der Waals surface area contributed by atoms with Gasteiger partial charge in [0.2, 0.25) is 5.91 Å². The predicted molar refractivity (Wildman–Crippen MR) is 84.3 cm³/mol. The van der Waals surface area contributed by atoms with Gasteiger partial charge in [0.1, 0.15) is 0 Å². The first-order valence-corrected chi connectivity index (χ1v) is 7.04. The van der Waals surface area contributed by atoms with Crippen LogP contribution in [0, 0.1) is 13.8 Å². The Labute approximate surface area is 124 Å². The lowest BCUT2D eigenvalue weighted by atomic mass is 10.1. The van der Waals surface area contributed by atoms with Gasteiger partial charge in [-0.25, -0.2) is 0 Å². The van der Waals surface area contributed by atoms with E-state index in [2.05, 4.69) is 12.2 Å². The molecule has 2 aromatic rings. The first-order chi connectivity index (χ1) is 9.56. The fourth-order valence-electron chi connectivity index (χ4n) is 1.99. The van der Waals surface area contributed by atoms with E-state index in [4.69, 9.17) is 11.6 Å². The molecule has 1 N–H and O–H groups in total. The van der Waals surface area contributed by atoms with Crippen molar-refractivity contribution in [3.8, 4) is 0 Å². The van der Waals surface area contributed by atoms with Crippen LogP contribution in [0.15, 0.2) is 42.5 Å². The van der Waals surface area contributed by atoms with Crippen LogP contribution in [-0.4, -0.2) is 5.91 Å². The van der Waals surface area contributed by atoms with Gasteiger partial charge in [0.25, 0.3) is 0 Å². The molecule has 0 fully saturated rings. The third-order valence-corrected chi connectivity index (χ3v) is 3.74. The first kappa shape index (κ1) is 14.6. The summed E-state index contributed by atoms with van der Waals surface area (Å²) < 4.78 is 0. The maximum Gasteiger partial charge on any atom is 0.224 e. The van der Waals surface area contributed by atoms with Gasteiger partial charge in [-0.3, -0.25) is 4.79 Å². The Balaban J connectivity index is 1.93. The molecule has 0 saturated heterocycles. The summed E-state index contributed by atoms with van der Waals surface area (Å²) in [6.45, 7) is 4.09. The minimum Gasteiger partial charge on any atom is -0.326 e. The van der Waals surface area contributed by atoms with Crippen molar-refractivity contribution in [2.45, 2.75) is 26.7 Å². The number of hydrogen-bond donors (Lipinski definition) is 1. The van der Waals surface area contributed by atoms with E-state index in [0.717, 1.165) is 11.3 Å². The molecule has 0 aromatic heterocycles. The number of halogens is 1. The Hall–Kier alpha value is -1.80. The van der Waals surface area contributed by atoms with Gasteiger partial charge < -0.3 is 5.32 Å². The molecular weight excluding hydrogens is 270 g/mol. The average molecular weight is 288 g/mol. The zero-order valence-electron chi connectivity index (χ0n) is 11.7. The normalized spacial score (nSPS) is 10.3. The van der Waals surface area contributed by atoms with Gasteiger partial charge in [-0.15, -0.1) is 0 Å². The zero-order valence-corrected chi connectivity index (χ0v) is 12.5. The molecule has 0 aliphatic heterocycles. The lowest BCUT2D eigenvalue weighted by Crippen LogP contribution is -2.12. The van der Waals surface area contributed by atoms with Crippen molar-refractivity contribution in [1.29, 1.82) is 0 Å². The van der Waals surface area contributed by atoms with Gasteiger partial charge in [-0.2, -0.15) is 0 Å². The number of benzene rings is 2. The summed E-state index contributed by atoms with van der Waals surface area (Å²) in [5.74, 6) is 0.00757. The molecule has 2 rings (SSSR count). The van der Waals surface area contributed by atoms with Crippen LogP contribution in [-0.2, 0) is 11.2 Å². The Morgan fingerprint density at radius 3 is 2.55 bits per heavy atom. The molecule has 0 radical (unpaired) electrons. The Bertz CT molecular complexity index is 622. The first-order valence-electron chi connectivity index (χ1n) is 6.67. The monoisotopic (exact) mass is 287 g/mol. The second-order valence-corrected chi connectivity index (χ2v) is 5.35. The summed E-state index contributed by atoms with van der Waals surface area (Å²) in [5, 5.41) is 3.63. The van der Waals surface area contributed by atoms with E-state index in [9.17, 15) is 4.79 Å². The topological polar surface area (TPSA) is 29.1 Å². The molecule has 1 amide bonds. The van der Waals surface area contributed by atoms with Gasteiger partial charge >= 0.3 is 0 Å².